The number of hydrogen-bond acceptors (Lipinski definition) is 4. The van der Waals surface area contributed by atoms with Crippen molar-refractivity contribution in [2.75, 3.05) is 11.9 Å². The van der Waals surface area contributed by atoms with Crippen LogP contribution in [0.1, 0.15) is 50.6 Å². The number of amidine groups is 1. The van der Waals surface area contributed by atoms with Gasteiger partial charge in [-0.15, -0.1) is 0 Å². The van der Waals surface area contributed by atoms with E-state index in [2.05, 4.69) is 60.7 Å². The minimum absolute atomic E-state index is 0.658. The summed E-state index contributed by atoms with van der Waals surface area (Å²) in [7, 11) is 0. The fraction of sp³-hybridized carbons (Fsp3) is 0.375. The number of nitrogens with zero attached hydrogens (tertiary/aromatic N) is 4. The molecule has 4 rings (SSSR count). The monoisotopic (exact) mass is 387 g/mol. The molecule has 1 fully saturated rings. The number of allylic oxidation sites excluding steroid dienone is 3. The van der Waals surface area contributed by atoms with Crippen LogP contribution in [-0.4, -0.2) is 33.3 Å². The van der Waals surface area contributed by atoms with Gasteiger partial charge in [0.05, 0.1) is 23.5 Å². The van der Waals surface area contributed by atoms with Crippen LogP contribution in [0.2, 0.25) is 0 Å². The number of anilines is 1. The lowest BCUT2D eigenvalue weighted by Gasteiger charge is -2.20. The van der Waals surface area contributed by atoms with E-state index in [1.807, 2.05) is 18.3 Å². The molecule has 1 unspecified atom stereocenters. The van der Waals surface area contributed by atoms with Crippen molar-refractivity contribution in [1.29, 1.82) is 0 Å². The number of fused-ring (bicyclic) bond motifs is 1. The Morgan fingerprint density at radius 1 is 1.34 bits per heavy atom. The summed E-state index contributed by atoms with van der Waals surface area (Å²) in [6.45, 7) is 12.5. The number of pyridine rings is 2. The lowest BCUT2D eigenvalue weighted by atomic mass is 10.1. The largest absolute Gasteiger partial charge is 0.342 e. The van der Waals surface area contributed by atoms with Crippen LogP contribution in [0, 0.1) is 0 Å². The second-order valence-corrected chi connectivity index (χ2v) is 8.15. The average Bonchev–Trinajstić information content (AvgIpc) is 3.27. The van der Waals surface area contributed by atoms with Gasteiger partial charge < -0.3 is 5.32 Å². The summed E-state index contributed by atoms with van der Waals surface area (Å²) in [6, 6.07) is 8.96. The quantitative estimate of drug-likeness (QED) is 0.722. The molecule has 2 aliphatic rings. The van der Waals surface area contributed by atoms with Crippen LogP contribution < -0.4 is 5.32 Å². The summed E-state index contributed by atoms with van der Waals surface area (Å²) >= 11 is 0. The van der Waals surface area contributed by atoms with Crippen molar-refractivity contribution in [3.63, 3.8) is 0 Å². The van der Waals surface area contributed by atoms with E-state index >= 15 is 0 Å². The summed E-state index contributed by atoms with van der Waals surface area (Å²) in [6.07, 6.45) is 7.00. The molecule has 2 aromatic rings. The van der Waals surface area contributed by atoms with Gasteiger partial charge in [-0.3, -0.25) is 9.88 Å². The molecule has 1 saturated heterocycles. The number of hydrogen-bond donors (Lipinski definition) is 1. The number of nitrogens with one attached hydrogen (secondary N) is 1. The third-order valence-electron chi connectivity index (χ3n) is 5.74. The maximum absolute atomic E-state index is 4.83. The first-order valence-electron chi connectivity index (χ1n) is 10.4. The molecule has 4 heterocycles. The molecule has 5 nitrogen and oxygen atoms in total. The molecule has 150 valence electrons. The molecule has 0 saturated carbocycles. The lowest BCUT2D eigenvalue weighted by Crippen LogP contribution is -2.26. The van der Waals surface area contributed by atoms with Gasteiger partial charge in [0, 0.05) is 18.8 Å². The van der Waals surface area contributed by atoms with Crippen LogP contribution in [0.3, 0.4) is 0 Å². The zero-order valence-corrected chi connectivity index (χ0v) is 17.6. The Morgan fingerprint density at radius 2 is 2.21 bits per heavy atom. The molecule has 5 heteroatoms. The number of aliphatic imine (C=N–C) groups is 1. The van der Waals surface area contributed by atoms with Gasteiger partial charge in [0.25, 0.3) is 0 Å². The number of rotatable bonds is 5. The van der Waals surface area contributed by atoms with Gasteiger partial charge in [-0.1, -0.05) is 18.2 Å². The molecular weight excluding hydrogens is 358 g/mol. The molecule has 1 N–H and O–H groups in total. The maximum Gasteiger partial charge on any atom is 0.154 e. The van der Waals surface area contributed by atoms with Crippen molar-refractivity contribution >= 4 is 22.9 Å². The lowest BCUT2D eigenvalue weighted by molar-refractivity contribution is 0.260. The number of aromatic nitrogens is 2. The first kappa shape index (κ1) is 19.5. The Hall–Kier alpha value is -2.79. The van der Waals surface area contributed by atoms with E-state index in [9.17, 15) is 0 Å². The maximum atomic E-state index is 4.83. The van der Waals surface area contributed by atoms with E-state index in [-0.39, 0.29) is 0 Å². The van der Waals surface area contributed by atoms with E-state index in [1.54, 1.807) is 0 Å². The topological polar surface area (TPSA) is 53.4 Å². The third kappa shape index (κ3) is 4.30. The normalized spacial score (nSPS) is 19.8. The van der Waals surface area contributed by atoms with Crippen molar-refractivity contribution < 1.29 is 0 Å². The molecule has 2 aliphatic heterocycles. The zero-order valence-electron chi connectivity index (χ0n) is 17.6. The number of likely N-dealkylation sites (tertiary alicyclic amines) is 1. The van der Waals surface area contributed by atoms with Crippen molar-refractivity contribution in [3.8, 4) is 0 Å². The van der Waals surface area contributed by atoms with E-state index in [0.29, 0.717) is 12.5 Å². The fourth-order valence-corrected chi connectivity index (χ4v) is 4.11. The van der Waals surface area contributed by atoms with E-state index < -0.39 is 0 Å². The van der Waals surface area contributed by atoms with Crippen molar-refractivity contribution in [1.82, 2.24) is 14.9 Å². The van der Waals surface area contributed by atoms with Crippen molar-refractivity contribution in [2.24, 2.45) is 4.99 Å². The van der Waals surface area contributed by atoms with Gasteiger partial charge >= 0.3 is 0 Å². The minimum atomic E-state index is 0.658. The highest BCUT2D eigenvalue weighted by Crippen LogP contribution is 2.27. The first-order chi connectivity index (χ1) is 14.0. The molecule has 29 heavy (non-hydrogen) atoms. The Morgan fingerprint density at radius 3 is 2.93 bits per heavy atom. The van der Waals surface area contributed by atoms with Crippen molar-refractivity contribution in [3.05, 3.63) is 65.6 Å². The zero-order chi connectivity index (χ0) is 20.4. The molecule has 0 spiro atoms. The van der Waals surface area contributed by atoms with E-state index in [0.717, 1.165) is 40.8 Å². The van der Waals surface area contributed by atoms with Gasteiger partial charge in [0.15, 0.2) is 5.82 Å². The third-order valence-corrected chi connectivity index (χ3v) is 5.74. The molecule has 0 aromatic carbocycles. The summed E-state index contributed by atoms with van der Waals surface area (Å²) in [5.74, 6) is 1.64. The molecule has 2 aromatic heterocycles. The second kappa shape index (κ2) is 8.29. The summed E-state index contributed by atoms with van der Waals surface area (Å²) in [5, 5.41) is 3.39. The Kier molecular flexibility index (Phi) is 5.58. The Bertz CT molecular complexity index is 985. The Balaban J connectivity index is 1.51. The smallest absolute Gasteiger partial charge is 0.154 e. The van der Waals surface area contributed by atoms with Gasteiger partial charge in [0.2, 0.25) is 0 Å². The highest BCUT2D eigenvalue weighted by Gasteiger charge is 2.21. The molecule has 0 aliphatic carbocycles. The summed E-state index contributed by atoms with van der Waals surface area (Å²) in [5.41, 5.74) is 6.56. The van der Waals surface area contributed by atoms with Crippen LogP contribution in [0.15, 0.2) is 53.7 Å². The first-order valence-corrected chi connectivity index (χ1v) is 10.4. The standard InChI is InChI=1S/C24H29N5/c1-5-19(16(2)3)20-8-9-21-22(26-20)14-24(27-21)28-23-13-18(10-11-25-23)15-29-12-6-7-17(29)4/h5,8-11,13,17H,1,6-7,12,14-15H2,2-4H3,(H,25,27,28). The van der Waals surface area contributed by atoms with E-state index in [4.69, 9.17) is 9.98 Å². The highest BCUT2D eigenvalue weighted by molar-refractivity contribution is 6.03. The van der Waals surface area contributed by atoms with E-state index in [1.165, 1.54) is 30.5 Å². The van der Waals surface area contributed by atoms with Gasteiger partial charge in [-0.25, -0.2) is 9.98 Å². The van der Waals surface area contributed by atoms with Crippen LogP contribution >= 0.6 is 0 Å². The molecule has 0 radical (unpaired) electrons. The van der Waals surface area contributed by atoms with Gasteiger partial charge in [0.1, 0.15) is 5.84 Å². The van der Waals surface area contributed by atoms with Gasteiger partial charge in [-0.05, 0) is 75.6 Å². The predicted molar refractivity (Wildman–Crippen MR) is 120 cm³/mol. The highest BCUT2D eigenvalue weighted by atomic mass is 15.2. The summed E-state index contributed by atoms with van der Waals surface area (Å²) < 4.78 is 0. The minimum Gasteiger partial charge on any atom is -0.342 e. The molecule has 0 bridgehead atoms. The average molecular weight is 388 g/mol. The Labute approximate surface area is 173 Å². The van der Waals surface area contributed by atoms with Crippen LogP contribution in [0.5, 0.6) is 0 Å². The van der Waals surface area contributed by atoms with Crippen LogP contribution in [0.25, 0.3) is 5.57 Å². The SMILES string of the molecule is C=CC(=C(C)C)c1ccc2c(n1)CC(=Nc1cc(CN3CCCC3C)ccn1)N2. The second-order valence-electron chi connectivity index (χ2n) is 8.15. The van der Waals surface area contributed by atoms with Crippen LogP contribution in [-0.2, 0) is 13.0 Å². The molecule has 0 amide bonds. The molecule has 1 atom stereocenters. The van der Waals surface area contributed by atoms with Crippen molar-refractivity contribution in [2.45, 2.75) is 52.6 Å². The van der Waals surface area contributed by atoms with Crippen LogP contribution in [0.4, 0.5) is 11.5 Å². The fourth-order valence-electron chi connectivity index (χ4n) is 4.11. The molecular formula is C24H29N5. The van der Waals surface area contributed by atoms with Gasteiger partial charge in [-0.2, -0.15) is 0 Å². The predicted octanol–water partition coefficient (Wildman–Crippen LogP) is 5.14. The summed E-state index contributed by atoms with van der Waals surface area (Å²) in [4.78, 5) is 16.6.